The quantitative estimate of drug-likeness (QED) is 0.738. The van der Waals surface area contributed by atoms with Gasteiger partial charge in [-0.25, -0.2) is 4.98 Å². The monoisotopic (exact) mass is 189 g/mol. The summed E-state index contributed by atoms with van der Waals surface area (Å²) in [5.74, 6) is 1.32. The van der Waals surface area contributed by atoms with Crippen LogP contribution in [-0.4, -0.2) is 22.3 Å². The van der Waals surface area contributed by atoms with Crippen LogP contribution >= 0.6 is 11.6 Å². The molecule has 1 N–H and O–H groups in total. The van der Waals surface area contributed by atoms with Crippen LogP contribution in [0.4, 0.5) is 0 Å². The van der Waals surface area contributed by atoms with Gasteiger partial charge in [0.2, 0.25) is 0 Å². The summed E-state index contributed by atoms with van der Waals surface area (Å²) in [5, 5.41) is 6.57. The number of H-pyrrole nitrogens is 1. The van der Waals surface area contributed by atoms with Gasteiger partial charge in [-0.1, -0.05) is 0 Å². The zero-order valence-electron chi connectivity index (χ0n) is 7.34. The van der Waals surface area contributed by atoms with Gasteiger partial charge in [-0.2, -0.15) is 5.10 Å². The summed E-state index contributed by atoms with van der Waals surface area (Å²) < 4.78 is 5.04. The minimum absolute atomic E-state index is 0.0922. The number of hydrogen-bond donors (Lipinski definition) is 1. The molecular formula is C7H12ClN3O. The maximum absolute atomic E-state index is 5.79. The van der Waals surface area contributed by atoms with E-state index in [1.165, 1.54) is 0 Å². The lowest BCUT2D eigenvalue weighted by atomic mass is 10.4. The molecular weight excluding hydrogens is 178 g/mol. The first-order chi connectivity index (χ1) is 5.65. The maximum atomic E-state index is 5.79. The fraction of sp³-hybridized carbons (Fsp3) is 0.714. The number of rotatable bonds is 3. The van der Waals surface area contributed by atoms with Crippen LogP contribution < -0.4 is 0 Å². The van der Waals surface area contributed by atoms with E-state index in [4.69, 9.17) is 16.3 Å². The smallest absolute Gasteiger partial charge is 0.179 e. The van der Waals surface area contributed by atoms with Crippen LogP contribution in [0.5, 0.6) is 0 Å². The van der Waals surface area contributed by atoms with Gasteiger partial charge in [0, 0.05) is 7.11 Å². The molecule has 0 aliphatic carbocycles. The largest absolute Gasteiger partial charge is 0.374 e. The van der Waals surface area contributed by atoms with Crippen LogP contribution in [0.25, 0.3) is 0 Å². The molecule has 0 radical (unpaired) electrons. The van der Waals surface area contributed by atoms with Crippen LogP contribution in [0.15, 0.2) is 0 Å². The van der Waals surface area contributed by atoms with Gasteiger partial charge in [-0.05, 0) is 13.8 Å². The van der Waals surface area contributed by atoms with Crippen molar-refractivity contribution in [1.29, 1.82) is 0 Å². The second-order valence-corrected chi connectivity index (χ2v) is 3.23. The van der Waals surface area contributed by atoms with Crippen molar-refractivity contribution < 1.29 is 4.74 Å². The summed E-state index contributed by atoms with van der Waals surface area (Å²) in [6.07, 6.45) is -0.0922. The molecule has 12 heavy (non-hydrogen) atoms. The number of nitrogens with zero attached hydrogens (tertiary/aromatic N) is 2. The van der Waals surface area contributed by atoms with Crippen LogP contribution in [0.3, 0.4) is 0 Å². The Balaban J connectivity index is 2.77. The zero-order chi connectivity index (χ0) is 9.14. The number of halogens is 1. The maximum Gasteiger partial charge on any atom is 0.179 e. The summed E-state index contributed by atoms with van der Waals surface area (Å²) in [5.41, 5.74) is 0. The lowest BCUT2D eigenvalue weighted by Gasteiger charge is -2.02. The number of nitrogens with one attached hydrogen (secondary N) is 1. The standard InChI is InChI=1S/C7H12ClN3O/c1-4(8)6-9-7(11-10-6)5(2)12-3/h4-5H,1-3H3,(H,9,10,11). The van der Waals surface area contributed by atoms with E-state index in [0.717, 1.165) is 0 Å². The number of hydrogen-bond acceptors (Lipinski definition) is 3. The molecule has 2 unspecified atom stereocenters. The molecule has 4 nitrogen and oxygen atoms in total. The van der Waals surface area contributed by atoms with Gasteiger partial charge in [0.1, 0.15) is 11.9 Å². The second kappa shape index (κ2) is 3.87. The van der Waals surface area contributed by atoms with Crippen LogP contribution in [-0.2, 0) is 4.74 Å². The van der Waals surface area contributed by atoms with Gasteiger partial charge in [0.05, 0.1) is 5.38 Å². The predicted molar refractivity (Wildman–Crippen MR) is 46.1 cm³/mol. The van der Waals surface area contributed by atoms with Gasteiger partial charge in [0.15, 0.2) is 5.82 Å². The minimum Gasteiger partial charge on any atom is -0.374 e. The Kier molecular flexibility index (Phi) is 3.05. The van der Waals surface area contributed by atoms with Gasteiger partial charge in [-0.3, -0.25) is 5.10 Å². The zero-order valence-corrected chi connectivity index (χ0v) is 8.09. The van der Waals surface area contributed by atoms with Crippen molar-refractivity contribution in [3.63, 3.8) is 0 Å². The first-order valence-corrected chi connectivity index (χ1v) is 4.18. The number of aromatic amines is 1. The molecule has 68 valence electrons. The Bertz CT molecular complexity index is 249. The number of methoxy groups -OCH3 is 1. The molecule has 2 atom stereocenters. The normalized spacial score (nSPS) is 16.0. The molecule has 0 aliphatic rings. The first kappa shape index (κ1) is 9.48. The van der Waals surface area contributed by atoms with Crippen molar-refractivity contribution in [1.82, 2.24) is 15.2 Å². The van der Waals surface area contributed by atoms with Crippen LogP contribution in [0.2, 0.25) is 0 Å². The lowest BCUT2D eigenvalue weighted by molar-refractivity contribution is 0.112. The van der Waals surface area contributed by atoms with Crippen LogP contribution in [0, 0.1) is 0 Å². The molecule has 0 aliphatic heterocycles. The van der Waals surface area contributed by atoms with E-state index in [1.54, 1.807) is 7.11 Å². The molecule has 1 heterocycles. The Hall–Kier alpha value is -0.610. The van der Waals surface area contributed by atoms with Crippen molar-refractivity contribution in [2.24, 2.45) is 0 Å². The van der Waals surface area contributed by atoms with E-state index in [2.05, 4.69) is 15.2 Å². The summed E-state index contributed by atoms with van der Waals surface area (Å²) in [6.45, 7) is 3.72. The van der Waals surface area contributed by atoms with Crippen molar-refractivity contribution in [2.75, 3.05) is 7.11 Å². The highest BCUT2D eigenvalue weighted by Crippen LogP contribution is 2.17. The third-order valence-electron chi connectivity index (χ3n) is 1.61. The molecule has 0 aromatic carbocycles. The molecule has 1 aromatic heterocycles. The fourth-order valence-electron chi connectivity index (χ4n) is 0.753. The van der Waals surface area contributed by atoms with Crippen LogP contribution in [0.1, 0.15) is 37.0 Å². The van der Waals surface area contributed by atoms with E-state index in [-0.39, 0.29) is 11.5 Å². The topological polar surface area (TPSA) is 50.8 Å². The molecule has 1 rings (SSSR count). The predicted octanol–water partition coefficient (Wildman–Crippen LogP) is 1.81. The van der Waals surface area contributed by atoms with Gasteiger partial charge >= 0.3 is 0 Å². The van der Waals surface area contributed by atoms with E-state index in [1.807, 2.05) is 13.8 Å². The molecule has 1 aromatic rings. The Labute approximate surface area is 76.3 Å². The van der Waals surface area contributed by atoms with E-state index in [9.17, 15) is 0 Å². The molecule has 0 spiro atoms. The van der Waals surface area contributed by atoms with Crippen molar-refractivity contribution >= 4 is 11.6 Å². The third kappa shape index (κ3) is 1.95. The lowest BCUT2D eigenvalue weighted by Crippen LogP contribution is -1.98. The molecule has 0 amide bonds. The molecule has 0 saturated heterocycles. The van der Waals surface area contributed by atoms with Gasteiger partial charge in [0.25, 0.3) is 0 Å². The number of alkyl halides is 1. The summed E-state index contributed by atoms with van der Waals surface area (Å²) in [7, 11) is 1.62. The Morgan fingerprint density at radius 1 is 1.50 bits per heavy atom. The van der Waals surface area contributed by atoms with Gasteiger partial charge < -0.3 is 4.74 Å². The summed E-state index contributed by atoms with van der Waals surface area (Å²) in [4.78, 5) is 4.16. The molecule has 5 heteroatoms. The van der Waals surface area contributed by atoms with E-state index < -0.39 is 0 Å². The highest BCUT2D eigenvalue weighted by Gasteiger charge is 2.12. The summed E-state index contributed by atoms with van der Waals surface area (Å²) >= 11 is 5.79. The second-order valence-electron chi connectivity index (χ2n) is 2.57. The number of ether oxygens (including phenoxy) is 1. The Morgan fingerprint density at radius 2 is 2.17 bits per heavy atom. The van der Waals surface area contributed by atoms with Crippen molar-refractivity contribution in [2.45, 2.75) is 25.3 Å². The highest BCUT2D eigenvalue weighted by molar-refractivity contribution is 6.20. The van der Waals surface area contributed by atoms with E-state index in [0.29, 0.717) is 11.6 Å². The minimum atomic E-state index is -0.143. The molecule has 0 fully saturated rings. The van der Waals surface area contributed by atoms with Crippen molar-refractivity contribution in [3.8, 4) is 0 Å². The average Bonchev–Trinajstić information content (AvgIpc) is 2.51. The number of aromatic nitrogens is 3. The fourth-order valence-corrected chi connectivity index (χ4v) is 0.851. The van der Waals surface area contributed by atoms with Gasteiger partial charge in [-0.15, -0.1) is 11.6 Å². The third-order valence-corrected chi connectivity index (χ3v) is 1.82. The molecule has 0 bridgehead atoms. The Morgan fingerprint density at radius 3 is 2.58 bits per heavy atom. The van der Waals surface area contributed by atoms with E-state index >= 15 is 0 Å². The first-order valence-electron chi connectivity index (χ1n) is 3.74. The van der Waals surface area contributed by atoms with Crippen molar-refractivity contribution in [3.05, 3.63) is 11.6 Å². The summed E-state index contributed by atoms with van der Waals surface area (Å²) in [6, 6.07) is 0. The highest BCUT2D eigenvalue weighted by atomic mass is 35.5. The average molecular weight is 190 g/mol. The SMILES string of the molecule is COC(C)c1n[nH]c(C(C)Cl)n1. The molecule has 0 saturated carbocycles.